The van der Waals surface area contributed by atoms with E-state index in [0.29, 0.717) is 18.2 Å². The highest BCUT2D eigenvalue weighted by atomic mass is 19.3. The lowest BCUT2D eigenvalue weighted by atomic mass is 9.95. The molecule has 0 saturated carbocycles. The summed E-state index contributed by atoms with van der Waals surface area (Å²) < 4.78 is 28.6. The fraction of sp³-hybridized carbons (Fsp3) is 0.556. The minimum Gasteiger partial charge on any atom is -0.435 e. The largest absolute Gasteiger partial charge is 0.435 e. The minimum absolute atomic E-state index is 0.0230. The van der Waals surface area contributed by atoms with Crippen LogP contribution in [-0.2, 0) is 9.59 Å². The van der Waals surface area contributed by atoms with Gasteiger partial charge in [0, 0.05) is 19.2 Å². The van der Waals surface area contributed by atoms with Crippen molar-refractivity contribution in [2.45, 2.75) is 39.3 Å². The van der Waals surface area contributed by atoms with Crippen LogP contribution in [0.25, 0.3) is 0 Å². The normalized spacial score (nSPS) is 17.0. The molecule has 1 fully saturated rings. The van der Waals surface area contributed by atoms with Gasteiger partial charge in [-0.15, -0.1) is 0 Å². The molecule has 144 valence electrons. The van der Waals surface area contributed by atoms with Crippen molar-refractivity contribution < 1.29 is 23.1 Å². The summed E-state index contributed by atoms with van der Waals surface area (Å²) in [4.78, 5) is 25.5. The summed E-state index contributed by atoms with van der Waals surface area (Å²) in [5, 5.41) is 5.63. The zero-order valence-electron chi connectivity index (χ0n) is 15.0. The van der Waals surface area contributed by atoms with Crippen molar-refractivity contribution in [2.75, 3.05) is 25.0 Å². The van der Waals surface area contributed by atoms with Crippen LogP contribution < -0.4 is 15.4 Å². The molecule has 0 spiro atoms. The van der Waals surface area contributed by atoms with Crippen molar-refractivity contribution in [2.24, 2.45) is 5.92 Å². The maximum Gasteiger partial charge on any atom is 0.387 e. The first-order valence-corrected chi connectivity index (χ1v) is 8.69. The topological polar surface area (TPSA) is 70.7 Å². The number of hydrogen-bond donors (Lipinski definition) is 2. The SMILES string of the molecule is CC(=O)NCC1CCN(C(C)C(=O)Nc2ccc(OC(F)F)cc2)CC1. The average Bonchev–Trinajstić information content (AvgIpc) is 2.61. The third kappa shape index (κ3) is 6.25. The zero-order valence-corrected chi connectivity index (χ0v) is 15.0. The summed E-state index contributed by atoms with van der Waals surface area (Å²) in [6, 6.07) is 5.54. The molecule has 0 aliphatic carbocycles. The molecule has 1 aliphatic heterocycles. The monoisotopic (exact) mass is 369 g/mol. The van der Waals surface area contributed by atoms with Crippen molar-refractivity contribution in [1.82, 2.24) is 10.2 Å². The van der Waals surface area contributed by atoms with Crippen LogP contribution in [0.1, 0.15) is 26.7 Å². The van der Waals surface area contributed by atoms with Crippen molar-refractivity contribution in [3.05, 3.63) is 24.3 Å². The van der Waals surface area contributed by atoms with E-state index in [1.807, 2.05) is 6.92 Å². The Kier molecular flexibility index (Phi) is 7.32. The van der Waals surface area contributed by atoms with Gasteiger partial charge in [-0.25, -0.2) is 0 Å². The second-order valence-corrected chi connectivity index (χ2v) is 6.48. The molecule has 1 unspecified atom stereocenters. The molecule has 1 atom stereocenters. The molecule has 1 saturated heterocycles. The number of alkyl halides is 2. The molecule has 1 heterocycles. The van der Waals surface area contributed by atoms with Gasteiger partial charge in [-0.2, -0.15) is 8.78 Å². The first-order valence-electron chi connectivity index (χ1n) is 8.69. The second kappa shape index (κ2) is 9.47. The number of likely N-dealkylation sites (tertiary alicyclic amines) is 1. The van der Waals surface area contributed by atoms with Gasteiger partial charge in [-0.1, -0.05) is 0 Å². The van der Waals surface area contributed by atoms with E-state index in [4.69, 9.17) is 0 Å². The van der Waals surface area contributed by atoms with E-state index < -0.39 is 6.61 Å². The van der Waals surface area contributed by atoms with Crippen LogP contribution >= 0.6 is 0 Å². The second-order valence-electron chi connectivity index (χ2n) is 6.48. The molecule has 8 heteroatoms. The van der Waals surface area contributed by atoms with Gasteiger partial charge < -0.3 is 15.4 Å². The van der Waals surface area contributed by atoms with Gasteiger partial charge in [-0.05, 0) is 63.0 Å². The smallest absolute Gasteiger partial charge is 0.387 e. The third-order valence-electron chi connectivity index (χ3n) is 4.56. The number of nitrogens with one attached hydrogen (secondary N) is 2. The van der Waals surface area contributed by atoms with Crippen molar-refractivity contribution in [3.8, 4) is 5.75 Å². The molecule has 26 heavy (non-hydrogen) atoms. The summed E-state index contributed by atoms with van der Waals surface area (Å²) in [5.41, 5.74) is 0.531. The molecule has 0 bridgehead atoms. The van der Waals surface area contributed by atoms with E-state index in [1.54, 1.807) is 0 Å². The van der Waals surface area contributed by atoms with Crippen LogP contribution in [0.15, 0.2) is 24.3 Å². The highest BCUT2D eigenvalue weighted by Gasteiger charge is 2.26. The quantitative estimate of drug-likeness (QED) is 0.775. The number of carbonyl (C=O) groups is 2. The molecule has 2 amide bonds. The first kappa shape index (κ1) is 20.1. The molecule has 1 aromatic rings. The number of halogens is 2. The van der Waals surface area contributed by atoms with Crippen molar-refractivity contribution >= 4 is 17.5 Å². The van der Waals surface area contributed by atoms with E-state index in [-0.39, 0.29) is 23.6 Å². The number of piperidine rings is 1. The summed E-state index contributed by atoms with van der Waals surface area (Å²) in [6.07, 6.45) is 1.86. The van der Waals surface area contributed by atoms with E-state index in [9.17, 15) is 18.4 Å². The molecular formula is C18H25F2N3O3. The lowest BCUT2D eigenvalue weighted by Gasteiger charge is -2.35. The Balaban J connectivity index is 1.79. The average molecular weight is 369 g/mol. The van der Waals surface area contributed by atoms with Crippen LogP contribution in [0.2, 0.25) is 0 Å². The molecule has 1 aromatic carbocycles. The molecule has 6 nitrogen and oxygen atoms in total. The molecule has 2 N–H and O–H groups in total. The maximum absolute atomic E-state index is 12.4. The van der Waals surface area contributed by atoms with E-state index >= 15 is 0 Å². The van der Waals surface area contributed by atoms with Gasteiger partial charge in [0.15, 0.2) is 0 Å². The lowest BCUT2D eigenvalue weighted by molar-refractivity contribution is -0.121. The molecule has 0 radical (unpaired) electrons. The molecule has 1 aliphatic rings. The number of nitrogens with zero attached hydrogens (tertiary/aromatic N) is 1. The highest BCUT2D eigenvalue weighted by molar-refractivity contribution is 5.94. The number of ether oxygens (including phenoxy) is 1. The first-order chi connectivity index (χ1) is 12.3. The Hall–Kier alpha value is -2.22. The van der Waals surface area contributed by atoms with Crippen LogP contribution in [-0.4, -0.2) is 49.0 Å². The number of rotatable bonds is 7. The van der Waals surface area contributed by atoms with Gasteiger partial charge in [0.2, 0.25) is 11.8 Å². The Labute approximate surface area is 151 Å². The van der Waals surface area contributed by atoms with Gasteiger partial charge >= 0.3 is 6.61 Å². The number of amides is 2. The molecular weight excluding hydrogens is 344 g/mol. The van der Waals surface area contributed by atoms with E-state index in [0.717, 1.165) is 25.9 Å². The van der Waals surface area contributed by atoms with Crippen LogP contribution in [0.5, 0.6) is 5.75 Å². The van der Waals surface area contributed by atoms with Gasteiger partial charge in [-0.3, -0.25) is 14.5 Å². The van der Waals surface area contributed by atoms with Gasteiger partial charge in [0.1, 0.15) is 5.75 Å². The Morgan fingerprint density at radius 3 is 2.38 bits per heavy atom. The number of carbonyl (C=O) groups excluding carboxylic acids is 2. The Bertz CT molecular complexity index is 602. The fourth-order valence-electron chi connectivity index (χ4n) is 2.96. The summed E-state index contributed by atoms with van der Waals surface area (Å²) in [5.74, 6) is 0.318. The van der Waals surface area contributed by atoms with Crippen LogP contribution in [0.4, 0.5) is 14.5 Å². The summed E-state index contributed by atoms with van der Waals surface area (Å²) in [7, 11) is 0. The van der Waals surface area contributed by atoms with Crippen LogP contribution in [0.3, 0.4) is 0 Å². The minimum atomic E-state index is -2.87. The zero-order chi connectivity index (χ0) is 19.1. The number of anilines is 1. The molecule has 0 aromatic heterocycles. The predicted molar refractivity (Wildman–Crippen MR) is 94.1 cm³/mol. The maximum atomic E-state index is 12.4. The van der Waals surface area contributed by atoms with Gasteiger partial charge in [0.25, 0.3) is 0 Å². The highest BCUT2D eigenvalue weighted by Crippen LogP contribution is 2.21. The van der Waals surface area contributed by atoms with Crippen molar-refractivity contribution in [1.29, 1.82) is 0 Å². The lowest BCUT2D eigenvalue weighted by Crippen LogP contribution is -2.47. The Morgan fingerprint density at radius 2 is 1.85 bits per heavy atom. The van der Waals surface area contributed by atoms with Crippen molar-refractivity contribution in [3.63, 3.8) is 0 Å². The summed E-state index contributed by atoms with van der Waals surface area (Å²) in [6.45, 7) is 2.74. The third-order valence-corrected chi connectivity index (χ3v) is 4.56. The van der Waals surface area contributed by atoms with E-state index in [1.165, 1.54) is 31.2 Å². The predicted octanol–water partition coefficient (Wildman–Crippen LogP) is 2.46. The van der Waals surface area contributed by atoms with E-state index in [2.05, 4.69) is 20.3 Å². The molecule has 2 rings (SSSR count). The number of benzene rings is 1. The Morgan fingerprint density at radius 1 is 1.23 bits per heavy atom. The standard InChI is InChI=1S/C18H25F2N3O3/c1-12(23-9-7-14(8-10-23)11-21-13(2)24)17(25)22-15-3-5-16(6-4-15)26-18(19)20/h3-6,12,14,18H,7-11H2,1-2H3,(H,21,24)(H,22,25). The van der Waals surface area contributed by atoms with Gasteiger partial charge in [0.05, 0.1) is 6.04 Å². The summed E-state index contributed by atoms with van der Waals surface area (Å²) >= 11 is 0. The number of hydrogen-bond acceptors (Lipinski definition) is 4. The fourth-order valence-corrected chi connectivity index (χ4v) is 2.96. The van der Waals surface area contributed by atoms with Crippen LogP contribution in [0, 0.1) is 5.92 Å².